The number of hydrogen-bond acceptors (Lipinski definition) is 4. The quantitative estimate of drug-likeness (QED) is 0.749. The number of alkyl halides is 1. The maximum Gasteiger partial charge on any atom is 0.240 e. The number of benzene rings is 1. The Labute approximate surface area is 156 Å². The number of carbonyl (C=O) groups is 3. The van der Waals surface area contributed by atoms with Gasteiger partial charge in [-0.05, 0) is 44.9 Å². The fourth-order valence-corrected chi connectivity index (χ4v) is 5.74. The summed E-state index contributed by atoms with van der Waals surface area (Å²) in [4.78, 5) is 41.7. The second-order valence-electron chi connectivity index (χ2n) is 8.12. The second kappa shape index (κ2) is 5.38. The molecule has 2 bridgehead atoms. The Balaban J connectivity index is 1.80. The Morgan fingerprint density at radius 3 is 2.22 bits per heavy atom. The van der Waals surface area contributed by atoms with Crippen LogP contribution in [-0.2, 0) is 21.1 Å². The first-order valence-corrected chi connectivity index (χ1v) is 8.98. The van der Waals surface area contributed by atoms with Crippen LogP contribution in [-0.4, -0.2) is 33.7 Å². The van der Waals surface area contributed by atoms with Crippen LogP contribution in [0.4, 0.5) is 10.1 Å². The van der Waals surface area contributed by atoms with Crippen LogP contribution in [0.3, 0.4) is 0 Å². The lowest BCUT2D eigenvalue weighted by Gasteiger charge is -2.37. The molecule has 4 rings (SSSR count). The fourth-order valence-electron chi connectivity index (χ4n) is 5.74. The number of amides is 3. The summed E-state index contributed by atoms with van der Waals surface area (Å²) in [5.74, 6) is -2.03. The van der Waals surface area contributed by atoms with Crippen LogP contribution in [0.25, 0.3) is 0 Å². The molecule has 0 saturated carbocycles. The molecular weight excluding hydrogens is 349 g/mol. The maximum absolute atomic E-state index is 13.3. The van der Waals surface area contributed by atoms with Crippen molar-refractivity contribution in [2.45, 2.75) is 51.4 Å². The van der Waals surface area contributed by atoms with Gasteiger partial charge in [-0.1, -0.05) is 0 Å². The van der Waals surface area contributed by atoms with Crippen LogP contribution in [0, 0.1) is 23.2 Å². The van der Waals surface area contributed by atoms with Crippen LogP contribution in [0.1, 0.15) is 44.7 Å². The molecule has 0 aromatic heterocycles. The van der Waals surface area contributed by atoms with Gasteiger partial charge in [-0.3, -0.25) is 14.4 Å². The first-order chi connectivity index (χ1) is 12.7. The third-order valence-corrected chi connectivity index (χ3v) is 6.73. The van der Waals surface area contributed by atoms with Crippen molar-refractivity contribution in [2.24, 2.45) is 11.8 Å². The fraction of sp³-hybridized carbons (Fsp3) is 0.500. The molecular formula is C20H20FN3O3. The van der Waals surface area contributed by atoms with Gasteiger partial charge in [-0.15, -0.1) is 0 Å². The highest BCUT2D eigenvalue weighted by molar-refractivity contribution is 6.23. The van der Waals surface area contributed by atoms with Crippen molar-refractivity contribution >= 4 is 23.4 Å². The third kappa shape index (κ3) is 1.96. The summed E-state index contributed by atoms with van der Waals surface area (Å²) in [6.45, 7) is 4.38. The summed E-state index contributed by atoms with van der Waals surface area (Å²) in [6, 6.07) is 6.24. The van der Waals surface area contributed by atoms with Gasteiger partial charge in [-0.2, -0.15) is 5.26 Å². The van der Waals surface area contributed by atoms with Crippen molar-refractivity contribution in [3.63, 3.8) is 0 Å². The highest BCUT2D eigenvalue weighted by Gasteiger charge is 2.75. The smallest absolute Gasteiger partial charge is 0.240 e. The summed E-state index contributed by atoms with van der Waals surface area (Å²) in [7, 11) is 0. The molecule has 3 aliphatic heterocycles. The Hall–Kier alpha value is -2.75. The zero-order valence-corrected chi connectivity index (χ0v) is 15.5. The van der Waals surface area contributed by atoms with E-state index in [-0.39, 0.29) is 34.5 Å². The number of imide groups is 1. The number of fused-ring (bicyclic) bond motifs is 5. The van der Waals surface area contributed by atoms with Gasteiger partial charge in [0.1, 0.15) is 6.67 Å². The van der Waals surface area contributed by atoms with Gasteiger partial charge in [0.15, 0.2) is 0 Å². The number of halogens is 1. The lowest BCUT2D eigenvalue weighted by atomic mass is 9.69. The van der Waals surface area contributed by atoms with E-state index in [4.69, 9.17) is 5.26 Å². The summed E-state index contributed by atoms with van der Waals surface area (Å²) in [6.07, 6.45) is 1.33. The molecule has 3 saturated heterocycles. The van der Waals surface area contributed by atoms with E-state index >= 15 is 0 Å². The SMILES string of the molecule is CC(=O)N1C2(C)CCC1(C)[C@H]1C(=O)N(c3ccc(C#N)c(CF)c3)C(=O)[C@H]12. The average molecular weight is 369 g/mol. The van der Waals surface area contributed by atoms with Crippen LogP contribution in [0.5, 0.6) is 0 Å². The van der Waals surface area contributed by atoms with Crippen molar-refractivity contribution in [2.75, 3.05) is 4.90 Å². The molecule has 0 N–H and O–H groups in total. The van der Waals surface area contributed by atoms with Gasteiger partial charge >= 0.3 is 0 Å². The van der Waals surface area contributed by atoms with Gasteiger partial charge in [0, 0.05) is 12.5 Å². The summed E-state index contributed by atoms with van der Waals surface area (Å²) >= 11 is 0. The lowest BCUT2D eigenvalue weighted by Crippen LogP contribution is -2.52. The molecule has 1 aromatic rings. The molecule has 0 spiro atoms. The second-order valence-corrected chi connectivity index (χ2v) is 8.12. The maximum atomic E-state index is 13.3. The minimum Gasteiger partial charge on any atom is -0.330 e. The van der Waals surface area contributed by atoms with Crippen molar-refractivity contribution in [1.29, 1.82) is 5.26 Å². The van der Waals surface area contributed by atoms with Gasteiger partial charge < -0.3 is 4.90 Å². The molecule has 6 nitrogen and oxygen atoms in total. The molecule has 3 heterocycles. The van der Waals surface area contributed by atoms with Crippen LogP contribution in [0.15, 0.2) is 18.2 Å². The van der Waals surface area contributed by atoms with Gasteiger partial charge in [-0.25, -0.2) is 9.29 Å². The zero-order valence-electron chi connectivity index (χ0n) is 15.5. The monoisotopic (exact) mass is 369 g/mol. The summed E-state index contributed by atoms with van der Waals surface area (Å²) < 4.78 is 13.3. The minimum atomic E-state index is -0.854. The molecule has 140 valence electrons. The largest absolute Gasteiger partial charge is 0.330 e. The van der Waals surface area contributed by atoms with E-state index in [1.54, 1.807) is 4.90 Å². The van der Waals surface area contributed by atoms with Gasteiger partial charge in [0.25, 0.3) is 0 Å². The molecule has 1 aromatic carbocycles. The molecule has 3 fully saturated rings. The number of nitrogens with zero attached hydrogens (tertiary/aromatic N) is 3. The van der Waals surface area contributed by atoms with Crippen molar-refractivity contribution in [3.8, 4) is 6.07 Å². The van der Waals surface area contributed by atoms with Crippen LogP contribution < -0.4 is 4.90 Å². The first kappa shape index (κ1) is 17.7. The third-order valence-electron chi connectivity index (χ3n) is 6.73. The Kier molecular flexibility index (Phi) is 3.52. The lowest BCUT2D eigenvalue weighted by molar-refractivity contribution is -0.137. The van der Waals surface area contributed by atoms with Crippen molar-refractivity contribution in [3.05, 3.63) is 29.3 Å². The Morgan fingerprint density at radius 1 is 1.22 bits per heavy atom. The molecule has 2 unspecified atom stereocenters. The Bertz CT molecular complexity index is 903. The number of rotatable bonds is 2. The van der Waals surface area contributed by atoms with Crippen molar-refractivity contribution < 1.29 is 18.8 Å². The number of hydrogen-bond donors (Lipinski definition) is 0. The molecule has 3 amide bonds. The van der Waals surface area contributed by atoms with E-state index in [0.29, 0.717) is 12.8 Å². The molecule has 7 heteroatoms. The molecule has 4 atom stereocenters. The number of carbonyl (C=O) groups excluding carboxylic acids is 3. The predicted octanol–water partition coefficient (Wildman–Crippen LogP) is 2.31. The van der Waals surface area contributed by atoms with Crippen molar-refractivity contribution in [1.82, 2.24) is 4.90 Å². The summed E-state index contributed by atoms with van der Waals surface area (Å²) in [5.41, 5.74) is -0.766. The molecule has 0 radical (unpaired) electrons. The topological polar surface area (TPSA) is 81.5 Å². The van der Waals surface area contributed by atoms with E-state index in [9.17, 15) is 18.8 Å². The van der Waals surface area contributed by atoms with E-state index in [2.05, 4.69) is 0 Å². The highest BCUT2D eigenvalue weighted by atomic mass is 19.1. The van der Waals surface area contributed by atoms with Crippen LogP contribution in [0.2, 0.25) is 0 Å². The Morgan fingerprint density at radius 2 is 1.78 bits per heavy atom. The molecule has 3 aliphatic rings. The molecule has 27 heavy (non-hydrogen) atoms. The standard InChI is InChI=1S/C20H20FN3O3/c1-11(25)24-19(2)6-7-20(24,3)16-15(19)17(26)23(18(16)27)14-5-4-12(10-22)13(8-14)9-21/h4-5,8,15-16H,6-7,9H2,1-3H3/t15-,16+,19?,20?. The van der Waals surface area contributed by atoms with Crippen LogP contribution >= 0.6 is 0 Å². The summed E-state index contributed by atoms with van der Waals surface area (Å²) in [5, 5.41) is 9.07. The minimum absolute atomic E-state index is 0.128. The average Bonchev–Trinajstić information content (AvgIpc) is 3.14. The zero-order chi connectivity index (χ0) is 19.7. The predicted molar refractivity (Wildman–Crippen MR) is 94.0 cm³/mol. The number of nitriles is 1. The van der Waals surface area contributed by atoms with E-state index in [1.165, 1.54) is 25.1 Å². The normalized spacial score (nSPS) is 34.2. The van der Waals surface area contributed by atoms with Gasteiger partial charge in [0.2, 0.25) is 17.7 Å². The van der Waals surface area contributed by atoms with E-state index in [0.717, 1.165) is 4.90 Å². The van der Waals surface area contributed by atoms with Gasteiger partial charge in [0.05, 0.1) is 40.2 Å². The van der Waals surface area contributed by atoms with E-state index < -0.39 is 29.6 Å². The molecule has 0 aliphatic carbocycles. The number of anilines is 1. The first-order valence-electron chi connectivity index (χ1n) is 8.98. The van der Waals surface area contributed by atoms with E-state index in [1.807, 2.05) is 19.9 Å². The highest BCUT2D eigenvalue weighted by Crippen LogP contribution is 2.62.